The summed E-state index contributed by atoms with van der Waals surface area (Å²) in [6.45, 7) is 14.0. The number of esters is 2. The van der Waals surface area contributed by atoms with E-state index >= 15 is 8.78 Å². The molecule has 23 nitrogen and oxygen atoms in total. The fourth-order valence-corrected chi connectivity index (χ4v) is 12.6. The Hall–Kier alpha value is -7.66. The predicted molar refractivity (Wildman–Crippen MR) is 339 cm³/mol. The van der Waals surface area contributed by atoms with Crippen LogP contribution in [-0.2, 0) is 78.6 Å². The van der Waals surface area contributed by atoms with Gasteiger partial charge in [-0.25, -0.2) is 50.3 Å². The zero-order valence-corrected chi connectivity index (χ0v) is 56.5. The minimum atomic E-state index is -3.20. The maximum absolute atomic E-state index is 15.1. The molecular weight excluding hydrogens is 1310 g/mol. The van der Waals surface area contributed by atoms with Gasteiger partial charge in [0.05, 0.1) is 32.4 Å². The summed E-state index contributed by atoms with van der Waals surface area (Å²) in [6, 6.07) is 4.35. The van der Waals surface area contributed by atoms with Gasteiger partial charge in [0, 0.05) is 87.7 Å². The maximum atomic E-state index is 15.1. The number of nitrogens with zero attached hydrogens (tertiary/aromatic N) is 3. The second-order valence-electron chi connectivity index (χ2n) is 27.5. The molecule has 0 bridgehead atoms. The highest BCUT2D eigenvalue weighted by Gasteiger charge is 2.64. The molecule has 2 aromatic rings. The summed E-state index contributed by atoms with van der Waals surface area (Å²) < 4.78 is 113. The van der Waals surface area contributed by atoms with Crippen LogP contribution in [0.1, 0.15) is 155 Å². The van der Waals surface area contributed by atoms with Gasteiger partial charge in [-0.1, -0.05) is 48.6 Å². The molecule has 6 heterocycles. The van der Waals surface area contributed by atoms with Crippen molar-refractivity contribution in [3.63, 3.8) is 0 Å². The van der Waals surface area contributed by atoms with E-state index < -0.39 is 181 Å². The van der Waals surface area contributed by atoms with E-state index in [4.69, 9.17) is 23.7 Å². The molecule has 0 spiro atoms. The lowest BCUT2D eigenvalue weighted by molar-refractivity contribution is -0.150. The quantitative estimate of drug-likeness (QED) is 0.0658. The molecule has 2 aromatic carbocycles. The van der Waals surface area contributed by atoms with Crippen molar-refractivity contribution in [2.24, 2.45) is 11.8 Å². The molecule has 7 amide bonds. The number of aliphatic hydroxyl groups excluding tert-OH is 1. The van der Waals surface area contributed by atoms with Crippen LogP contribution >= 0.6 is 12.4 Å². The lowest BCUT2D eigenvalue weighted by Gasteiger charge is -2.30. The molecule has 0 unspecified atom stereocenters. The Kier molecular flexibility index (Phi) is 24.9. The van der Waals surface area contributed by atoms with Gasteiger partial charge < -0.3 is 65.2 Å². The summed E-state index contributed by atoms with van der Waals surface area (Å²) in [7, 11) is 0. The van der Waals surface area contributed by atoms with E-state index in [-0.39, 0.29) is 96.1 Å². The molecule has 8 aliphatic rings. The molecule has 10 rings (SSSR count). The second kappa shape index (κ2) is 31.5. The van der Waals surface area contributed by atoms with E-state index in [0.29, 0.717) is 17.7 Å². The van der Waals surface area contributed by atoms with Crippen molar-refractivity contribution < 1.29 is 98.3 Å². The molecule has 2 aliphatic carbocycles. The largest absolute Gasteiger partial charge is 0.464 e. The van der Waals surface area contributed by atoms with E-state index in [1.165, 1.54) is 29.2 Å². The van der Waals surface area contributed by atoms with Crippen molar-refractivity contribution in [2.75, 3.05) is 26.3 Å². The fraction of sp³-hybridized carbons (Fsp3) is 0.627. The first-order valence-corrected chi connectivity index (χ1v) is 32.6. The van der Waals surface area contributed by atoms with Crippen LogP contribution < -0.4 is 26.6 Å². The Morgan fingerprint density at radius 2 is 1.09 bits per heavy atom. The van der Waals surface area contributed by atoms with E-state index in [1.807, 2.05) is 6.07 Å². The van der Waals surface area contributed by atoms with Crippen LogP contribution in [0.25, 0.3) is 0 Å². The van der Waals surface area contributed by atoms with Gasteiger partial charge in [-0.05, 0) is 117 Å². The number of hydrogen-bond acceptors (Lipinski definition) is 16. The predicted octanol–water partition coefficient (Wildman–Crippen LogP) is 8.24. The summed E-state index contributed by atoms with van der Waals surface area (Å²) >= 11 is 0. The number of hydrogen-bond donors (Lipinski definition) is 6. The number of halogens is 7. The Balaban J connectivity index is 0.000000242. The summed E-state index contributed by atoms with van der Waals surface area (Å²) in [5.74, 6) is -12.2. The van der Waals surface area contributed by atoms with E-state index in [1.54, 1.807) is 85.8 Å². The number of alkyl carbamates (subject to hydrolysis) is 2. The number of alkyl halides is 4. The zero-order chi connectivity index (χ0) is 70.3. The van der Waals surface area contributed by atoms with Crippen molar-refractivity contribution >= 4 is 66.3 Å². The first-order chi connectivity index (χ1) is 45.1. The molecule has 30 heteroatoms. The second-order valence-corrected chi connectivity index (χ2v) is 27.5. The van der Waals surface area contributed by atoms with E-state index in [9.17, 15) is 65.8 Å². The van der Waals surface area contributed by atoms with Crippen LogP contribution in [0.5, 0.6) is 0 Å². The number of carbonyl (C=O) groups is 9. The molecule has 0 radical (unpaired) electrons. The standard InChI is InChI=1S/C34H43F3N4O8.C25H37F2N3O7.C8H8FN.ClH/c1-5-47-29(44)34-16-21(34)10-6-7-13-33(36,37)14-12-25(38-30(45)49-32(2,3)4)28(43)41-18-22(15-26(41)27(42)39-34)48-31(46)40-17-20-9-8-11-24(35)23(20)19-40;1-5-36-21(34)25-13-15(25)8-6-7-10-24(26,27)11-9-17(28-22(35)37-23(2,3)4)20(33)30-14-16(31)12-18(30)19(32)29-25;9-8-3-1-2-6-4-10-5-7(6)8;/h6,8-11,21-22,25-26H,5,7,12-19H2,1-4H3,(H,38,45)(H,39,42);6,8,15-18,31H,5,7,9-14H2,1-4H3,(H,28,35)(H,29,32);1-3,10H,4-5H2;1H/b10-6-;8-6-;;/t21-,22-,25+,26+,34-;15-,16-,17+,18+,25-;;/m11../s1. The highest BCUT2D eigenvalue weighted by Crippen LogP contribution is 2.48. The Morgan fingerprint density at radius 1 is 0.629 bits per heavy atom. The molecule has 6 aliphatic heterocycles. The number of allylic oxidation sites excluding steroid dienone is 2. The molecule has 2 saturated carbocycles. The van der Waals surface area contributed by atoms with Crippen LogP contribution in [0.4, 0.5) is 40.7 Å². The molecule has 4 fully saturated rings. The zero-order valence-electron chi connectivity index (χ0n) is 55.7. The Bertz CT molecular complexity index is 3310. The average molecular weight is 1400 g/mol. The van der Waals surface area contributed by atoms with E-state index in [0.717, 1.165) is 27.5 Å². The van der Waals surface area contributed by atoms with Crippen molar-refractivity contribution in [1.29, 1.82) is 0 Å². The molecule has 6 N–H and O–H groups in total. The highest BCUT2D eigenvalue weighted by molar-refractivity contribution is 5.98. The van der Waals surface area contributed by atoms with Crippen LogP contribution in [0.15, 0.2) is 60.7 Å². The lowest BCUT2D eigenvalue weighted by atomic mass is 10.0. The fourth-order valence-electron chi connectivity index (χ4n) is 12.6. The minimum absolute atomic E-state index is 0. The van der Waals surface area contributed by atoms with Gasteiger partial charge in [0.1, 0.15) is 64.2 Å². The van der Waals surface area contributed by atoms with Crippen LogP contribution in [0.3, 0.4) is 0 Å². The van der Waals surface area contributed by atoms with Gasteiger partial charge >= 0.3 is 30.2 Å². The number of carbonyl (C=O) groups excluding carboxylic acids is 9. The van der Waals surface area contributed by atoms with Gasteiger partial charge in [-0.15, -0.1) is 12.4 Å². The molecule has 97 heavy (non-hydrogen) atoms. The Labute approximate surface area is 565 Å². The lowest BCUT2D eigenvalue weighted by Crippen LogP contribution is -2.57. The third-order valence-electron chi connectivity index (χ3n) is 17.7. The number of rotatable bonds is 7. The molecule has 10 atom stereocenters. The SMILES string of the molecule is CCOC(=O)[C@@]12C[C@H]1/C=C\CCC(F)(F)CC[C@H](NC(=O)OC(C)(C)C)C(=O)N1C[C@H](O)C[C@H]1C(=O)N2.CCOC(=O)[C@@]12C[C@H]1/C=C\CCC(F)(F)CC[C@H](NC(=O)OC(C)(C)C)C(=O)N1C[C@H](OC(=O)N3Cc4cccc(F)c4C3)C[C@H]1C(=O)N2.Cl.Fc1cccc2c1CNC2. The van der Waals surface area contributed by atoms with Crippen LogP contribution in [-0.4, -0.2) is 170 Å². The summed E-state index contributed by atoms with van der Waals surface area (Å²) in [5, 5.41) is 23.6. The summed E-state index contributed by atoms with van der Waals surface area (Å²) in [6.07, 6.45) is -1.76. The number of amides is 7. The van der Waals surface area contributed by atoms with Gasteiger partial charge in [-0.3, -0.25) is 24.1 Å². The number of ether oxygens (including phenoxy) is 5. The van der Waals surface area contributed by atoms with Crippen LogP contribution in [0, 0.1) is 23.5 Å². The summed E-state index contributed by atoms with van der Waals surface area (Å²) in [5.41, 5.74) is -1.76. The van der Waals surface area contributed by atoms with Gasteiger partial charge in [-0.2, -0.15) is 0 Å². The minimum Gasteiger partial charge on any atom is -0.464 e. The Morgan fingerprint density at radius 3 is 1.56 bits per heavy atom. The van der Waals surface area contributed by atoms with Crippen molar-refractivity contribution in [3.8, 4) is 0 Å². The average Bonchev–Trinajstić information content (AvgIpc) is 1.58. The van der Waals surface area contributed by atoms with Crippen LogP contribution in [0.2, 0.25) is 0 Å². The molecule has 2 saturated heterocycles. The van der Waals surface area contributed by atoms with Gasteiger partial charge in [0.25, 0.3) is 0 Å². The molecule has 0 aromatic heterocycles. The maximum Gasteiger partial charge on any atom is 0.410 e. The number of benzene rings is 2. The molecular formula is C67H89ClF6N8O15. The first-order valence-electron chi connectivity index (χ1n) is 32.6. The third-order valence-corrected chi connectivity index (χ3v) is 17.7. The van der Waals surface area contributed by atoms with Crippen molar-refractivity contribution in [2.45, 2.75) is 229 Å². The number of fused-ring (bicyclic) bond motifs is 6. The molecule has 536 valence electrons. The number of nitrogens with one attached hydrogen (secondary N) is 5. The van der Waals surface area contributed by atoms with Gasteiger partial charge in [0.2, 0.25) is 35.5 Å². The topological polar surface area (TPSA) is 290 Å². The summed E-state index contributed by atoms with van der Waals surface area (Å²) in [4.78, 5) is 123. The smallest absolute Gasteiger partial charge is 0.410 e. The normalized spacial score (nSPS) is 28.8. The highest BCUT2D eigenvalue weighted by atomic mass is 35.5. The van der Waals surface area contributed by atoms with Crippen molar-refractivity contribution in [3.05, 3.63) is 94.6 Å². The monoisotopic (exact) mass is 1390 g/mol. The van der Waals surface area contributed by atoms with Gasteiger partial charge in [0.15, 0.2) is 0 Å². The number of aliphatic hydroxyl groups is 1. The van der Waals surface area contributed by atoms with Crippen molar-refractivity contribution in [1.82, 2.24) is 41.3 Å². The van der Waals surface area contributed by atoms with E-state index in [2.05, 4.69) is 26.6 Å². The first kappa shape index (κ1) is 76.7. The third kappa shape index (κ3) is 19.8.